The van der Waals surface area contributed by atoms with Gasteiger partial charge in [0.05, 0.1) is 5.56 Å². The average molecular weight is 580 g/mol. The van der Waals surface area contributed by atoms with Gasteiger partial charge in [-0.1, -0.05) is 76.1 Å². The standard InChI is InChI=1S/C35H44F3N3O/c1-4-5-6-8-27-13-16-33(39-24-27)34(42)41(32-18-21-40(22-19-32)20-17-26(2)3)25-28-11-14-29(15-12-28)30-9-7-10-31(23-30)35(36,37)38/h7,9-16,23-24,26,32H,4-6,8,17-22,25H2,1-3H3. The zero-order valence-electron chi connectivity index (χ0n) is 25.2. The molecule has 1 amide bonds. The molecule has 1 aliphatic rings. The molecule has 0 N–H and O–H groups in total. The lowest BCUT2D eigenvalue weighted by molar-refractivity contribution is -0.137. The van der Waals surface area contributed by atoms with E-state index in [1.54, 1.807) is 6.07 Å². The Labute approximate surface area is 249 Å². The van der Waals surface area contributed by atoms with Gasteiger partial charge in [-0.15, -0.1) is 0 Å². The quantitative estimate of drug-likeness (QED) is 0.202. The molecule has 0 saturated carbocycles. The number of hydrogen-bond acceptors (Lipinski definition) is 3. The predicted octanol–water partition coefficient (Wildman–Crippen LogP) is 8.65. The maximum atomic E-state index is 13.9. The minimum atomic E-state index is -4.39. The van der Waals surface area contributed by atoms with Gasteiger partial charge in [0, 0.05) is 31.9 Å². The fourth-order valence-electron chi connectivity index (χ4n) is 5.56. The lowest BCUT2D eigenvalue weighted by atomic mass is 9.99. The number of nitrogens with zero attached hydrogens (tertiary/aromatic N) is 3. The van der Waals surface area contributed by atoms with Crippen molar-refractivity contribution in [2.45, 2.75) is 84.5 Å². The molecular formula is C35H44F3N3O. The lowest BCUT2D eigenvalue weighted by Crippen LogP contribution is -2.47. The van der Waals surface area contributed by atoms with Gasteiger partial charge in [0.2, 0.25) is 0 Å². The highest BCUT2D eigenvalue weighted by Crippen LogP contribution is 2.32. The zero-order valence-corrected chi connectivity index (χ0v) is 25.2. The van der Waals surface area contributed by atoms with Crippen LogP contribution in [0.1, 0.15) is 86.5 Å². The highest BCUT2D eigenvalue weighted by atomic mass is 19.4. The van der Waals surface area contributed by atoms with Gasteiger partial charge in [-0.3, -0.25) is 9.78 Å². The van der Waals surface area contributed by atoms with Crippen LogP contribution in [0.2, 0.25) is 0 Å². The maximum Gasteiger partial charge on any atom is 0.416 e. The van der Waals surface area contributed by atoms with Crippen molar-refractivity contribution in [1.82, 2.24) is 14.8 Å². The summed E-state index contributed by atoms with van der Waals surface area (Å²) < 4.78 is 39.7. The molecule has 7 heteroatoms. The van der Waals surface area contributed by atoms with Crippen molar-refractivity contribution in [2.24, 2.45) is 5.92 Å². The molecule has 42 heavy (non-hydrogen) atoms. The minimum Gasteiger partial charge on any atom is -0.330 e. The van der Waals surface area contributed by atoms with E-state index >= 15 is 0 Å². The first-order chi connectivity index (χ1) is 20.1. The molecule has 1 saturated heterocycles. The first-order valence-corrected chi connectivity index (χ1v) is 15.4. The molecule has 0 spiro atoms. The van der Waals surface area contributed by atoms with Crippen molar-refractivity contribution in [3.8, 4) is 11.1 Å². The van der Waals surface area contributed by atoms with E-state index in [1.165, 1.54) is 25.0 Å². The largest absolute Gasteiger partial charge is 0.416 e. The van der Waals surface area contributed by atoms with Crippen LogP contribution in [0.3, 0.4) is 0 Å². The highest BCUT2D eigenvalue weighted by molar-refractivity contribution is 5.92. The Morgan fingerprint density at radius 2 is 1.69 bits per heavy atom. The zero-order chi connectivity index (χ0) is 30.1. The molecule has 1 aliphatic heterocycles. The normalized spacial score (nSPS) is 14.8. The van der Waals surface area contributed by atoms with Gasteiger partial charge in [-0.2, -0.15) is 13.2 Å². The van der Waals surface area contributed by atoms with Crippen molar-refractivity contribution < 1.29 is 18.0 Å². The third-order valence-corrected chi connectivity index (χ3v) is 8.22. The Morgan fingerprint density at radius 1 is 0.976 bits per heavy atom. The third kappa shape index (κ3) is 8.90. The number of carbonyl (C=O) groups is 1. The maximum absolute atomic E-state index is 13.9. The Bertz CT molecular complexity index is 1260. The van der Waals surface area contributed by atoms with Crippen LogP contribution >= 0.6 is 0 Å². The van der Waals surface area contributed by atoms with Crippen LogP contribution in [-0.2, 0) is 19.1 Å². The molecule has 0 bridgehead atoms. The summed E-state index contributed by atoms with van der Waals surface area (Å²) in [5.74, 6) is 0.591. The van der Waals surface area contributed by atoms with E-state index in [0.29, 0.717) is 29.3 Å². The number of benzene rings is 2. The molecule has 0 unspecified atom stereocenters. The third-order valence-electron chi connectivity index (χ3n) is 8.22. The number of halogens is 3. The van der Waals surface area contributed by atoms with Gasteiger partial charge < -0.3 is 9.80 Å². The van der Waals surface area contributed by atoms with Crippen LogP contribution in [0.5, 0.6) is 0 Å². The summed E-state index contributed by atoms with van der Waals surface area (Å²) in [7, 11) is 0. The highest BCUT2D eigenvalue weighted by Gasteiger charge is 2.31. The van der Waals surface area contributed by atoms with E-state index in [0.717, 1.165) is 68.9 Å². The number of likely N-dealkylation sites (tertiary alicyclic amines) is 1. The van der Waals surface area contributed by atoms with Gasteiger partial charge in [-0.05, 0) is 85.0 Å². The molecule has 1 aromatic heterocycles. The second-order valence-electron chi connectivity index (χ2n) is 12.0. The van der Waals surface area contributed by atoms with Crippen molar-refractivity contribution in [1.29, 1.82) is 0 Å². The predicted molar refractivity (Wildman–Crippen MR) is 163 cm³/mol. The van der Waals surface area contributed by atoms with Crippen LogP contribution in [0.4, 0.5) is 13.2 Å². The van der Waals surface area contributed by atoms with Crippen LogP contribution in [0.25, 0.3) is 11.1 Å². The van der Waals surface area contributed by atoms with Gasteiger partial charge in [0.1, 0.15) is 5.69 Å². The van der Waals surface area contributed by atoms with Crippen LogP contribution in [0.15, 0.2) is 66.9 Å². The SMILES string of the molecule is CCCCCc1ccc(C(=O)N(Cc2ccc(-c3cccc(C(F)(F)F)c3)cc2)C2CCN(CCC(C)C)CC2)nc1. The molecule has 0 atom stereocenters. The summed E-state index contributed by atoms with van der Waals surface area (Å²) in [5.41, 5.74) is 3.11. The summed E-state index contributed by atoms with van der Waals surface area (Å²) in [4.78, 5) is 22.9. The Morgan fingerprint density at radius 3 is 2.31 bits per heavy atom. The molecule has 226 valence electrons. The monoisotopic (exact) mass is 579 g/mol. The second kappa shape index (κ2) is 14.8. The number of pyridine rings is 1. The number of unbranched alkanes of at least 4 members (excludes halogenated alkanes) is 2. The summed E-state index contributed by atoms with van der Waals surface area (Å²) in [6.07, 6.45) is 4.84. The molecule has 4 nitrogen and oxygen atoms in total. The number of aryl methyl sites for hydroxylation is 1. The van der Waals surface area contributed by atoms with E-state index in [4.69, 9.17) is 0 Å². The van der Waals surface area contributed by atoms with E-state index in [9.17, 15) is 18.0 Å². The molecular weight excluding hydrogens is 535 g/mol. The second-order valence-corrected chi connectivity index (χ2v) is 12.0. The smallest absolute Gasteiger partial charge is 0.330 e. The van der Waals surface area contributed by atoms with Crippen molar-refractivity contribution in [2.75, 3.05) is 19.6 Å². The molecule has 2 heterocycles. The number of piperidine rings is 1. The van der Waals surface area contributed by atoms with Crippen LogP contribution < -0.4 is 0 Å². The van der Waals surface area contributed by atoms with Crippen molar-refractivity contribution in [3.05, 3.63) is 89.2 Å². The van der Waals surface area contributed by atoms with E-state index in [-0.39, 0.29) is 11.9 Å². The molecule has 1 fully saturated rings. The Hall–Kier alpha value is -3.19. The van der Waals surface area contributed by atoms with Gasteiger partial charge in [-0.25, -0.2) is 0 Å². The fraction of sp³-hybridized carbons (Fsp3) is 0.486. The molecule has 0 aliphatic carbocycles. The molecule has 3 aromatic rings. The van der Waals surface area contributed by atoms with E-state index in [1.807, 2.05) is 47.5 Å². The molecule has 0 radical (unpaired) electrons. The van der Waals surface area contributed by atoms with Crippen LogP contribution in [0, 0.1) is 5.92 Å². The number of amides is 1. The first-order valence-electron chi connectivity index (χ1n) is 15.4. The average Bonchev–Trinajstić information content (AvgIpc) is 2.99. The number of alkyl halides is 3. The van der Waals surface area contributed by atoms with Gasteiger partial charge >= 0.3 is 6.18 Å². The lowest BCUT2D eigenvalue weighted by Gasteiger charge is -2.38. The van der Waals surface area contributed by atoms with Gasteiger partial charge in [0.15, 0.2) is 0 Å². The Balaban J connectivity index is 1.51. The van der Waals surface area contributed by atoms with Gasteiger partial charge in [0.25, 0.3) is 5.91 Å². The summed E-state index contributed by atoms with van der Waals surface area (Å²) in [5, 5.41) is 0. The topological polar surface area (TPSA) is 36.4 Å². The number of aromatic nitrogens is 1. The van der Waals surface area contributed by atoms with E-state index in [2.05, 4.69) is 30.7 Å². The summed E-state index contributed by atoms with van der Waals surface area (Å²) in [6.45, 7) is 10.1. The van der Waals surface area contributed by atoms with Crippen molar-refractivity contribution in [3.63, 3.8) is 0 Å². The molecule has 2 aromatic carbocycles. The summed E-state index contributed by atoms with van der Waals surface area (Å²) in [6, 6.07) is 16.9. The summed E-state index contributed by atoms with van der Waals surface area (Å²) >= 11 is 0. The molecule has 4 rings (SSSR count). The van der Waals surface area contributed by atoms with Crippen LogP contribution in [-0.4, -0.2) is 46.4 Å². The number of rotatable bonds is 12. The fourth-order valence-corrected chi connectivity index (χ4v) is 5.56. The number of carbonyl (C=O) groups excluding carboxylic acids is 1. The van der Waals surface area contributed by atoms with Crippen molar-refractivity contribution >= 4 is 5.91 Å². The van der Waals surface area contributed by atoms with E-state index < -0.39 is 11.7 Å². The number of hydrogen-bond donors (Lipinski definition) is 0. The minimum absolute atomic E-state index is 0.0716. The Kier molecular flexibility index (Phi) is 11.2. The first kappa shape index (κ1) is 31.7.